The van der Waals surface area contributed by atoms with E-state index in [0.717, 1.165) is 12.2 Å². The predicted molar refractivity (Wildman–Crippen MR) is 86.0 cm³/mol. The maximum absolute atomic E-state index is 11.9. The van der Waals surface area contributed by atoms with Gasteiger partial charge >= 0.3 is 12.0 Å². The summed E-state index contributed by atoms with van der Waals surface area (Å²) >= 11 is 7.61. The molecule has 0 aromatic heterocycles. The van der Waals surface area contributed by atoms with E-state index in [9.17, 15) is 14.7 Å². The van der Waals surface area contributed by atoms with E-state index in [1.165, 1.54) is 0 Å². The van der Waals surface area contributed by atoms with Gasteiger partial charge in [-0.15, -0.1) is 0 Å². The number of nitrogens with one attached hydrogen (secondary N) is 2. The number of halogens is 1. The Labute approximate surface area is 133 Å². The number of aliphatic carboxylic acids is 1. The fraction of sp³-hybridized carbons (Fsp3) is 0.429. The van der Waals surface area contributed by atoms with Gasteiger partial charge in [-0.25, -0.2) is 9.59 Å². The van der Waals surface area contributed by atoms with E-state index in [-0.39, 0.29) is 6.04 Å². The number of benzene rings is 1. The summed E-state index contributed by atoms with van der Waals surface area (Å²) in [6.07, 6.45) is 2.73. The molecule has 0 aliphatic heterocycles. The Morgan fingerprint density at radius 1 is 1.33 bits per heavy atom. The Hall–Kier alpha value is -1.40. The minimum atomic E-state index is -1.18. The Balaban J connectivity index is 2.78. The smallest absolute Gasteiger partial charge is 0.331 e. The fourth-order valence-electron chi connectivity index (χ4n) is 1.80. The molecular formula is C14H19ClN2O3S. The number of amides is 2. The van der Waals surface area contributed by atoms with Gasteiger partial charge in [0.1, 0.15) is 0 Å². The summed E-state index contributed by atoms with van der Waals surface area (Å²) in [4.78, 5) is 23.3. The average Bonchev–Trinajstić information content (AvgIpc) is 2.45. The van der Waals surface area contributed by atoms with Gasteiger partial charge in [0.25, 0.3) is 0 Å². The van der Waals surface area contributed by atoms with Crippen LogP contribution in [0, 0.1) is 0 Å². The number of hydrogen-bond donors (Lipinski definition) is 3. The number of carboxylic acid groups (broad SMARTS) is 1. The van der Waals surface area contributed by atoms with Crippen LogP contribution in [0.4, 0.5) is 4.79 Å². The van der Waals surface area contributed by atoms with Crippen LogP contribution in [-0.4, -0.2) is 35.2 Å². The third kappa shape index (κ3) is 5.47. The van der Waals surface area contributed by atoms with E-state index in [0.29, 0.717) is 10.6 Å². The fourth-order valence-corrected chi connectivity index (χ4v) is 2.77. The van der Waals surface area contributed by atoms with Crippen molar-refractivity contribution in [2.75, 3.05) is 12.0 Å². The van der Waals surface area contributed by atoms with E-state index in [1.54, 1.807) is 36.0 Å². The molecular weight excluding hydrogens is 312 g/mol. The first-order valence-corrected chi connectivity index (χ1v) is 8.30. The zero-order valence-electron chi connectivity index (χ0n) is 11.9. The Morgan fingerprint density at radius 3 is 2.52 bits per heavy atom. The topological polar surface area (TPSA) is 78.4 Å². The maximum Gasteiger partial charge on any atom is 0.331 e. The molecule has 7 heteroatoms. The van der Waals surface area contributed by atoms with E-state index >= 15 is 0 Å². The zero-order valence-corrected chi connectivity index (χ0v) is 13.5. The number of hydrogen-bond acceptors (Lipinski definition) is 3. The highest BCUT2D eigenvalue weighted by Crippen LogP contribution is 2.22. The molecule has 1 aromatic rings. The quantitative estimate of drug-likeness (QED) is 0.718. The van der Waals surface area contributed by atoms with Crippen molar-refractivity contribution < 1.29 is 14.7 Å². The number of carbonyl (C=O) groups is 2. The van der Waals surface area contributed by atoms with Crippen LogP contribution >= 0.6 is 23.4 Å². The first kappa shape index (κ1) is 17.7. The SMILES string of the molecule is CCC(CSC)NC(=O)N[C@@H](C(=O)O)c1ccccc1Cl. The molecule has 0 radical (unpaired) electrons. The molecule has 0 spiro atoms. The van der Waals surface area contributed by atoms with Crippen LogP contribution < -0.4 is 10.6 Å². The first-order valence-electron chi connectivity index (χ1n) is 6.52. The third-order valence-electron chi connectivity index (χ3n) is 2.93. The van der Waals surface area contributed by atoms with Gasteiger partial charge in [0.05, 0.1) is 0 Å². The summed E-state index contributed by atoms with van der Waals surface area (Å²) in [5, 5.41) is 14.8. The Bertz CT molecular complexity index is 499. The average molecular weight is 331 g/mol. The summed E-state index contributed by atoms with van der Waals surface area (Å²) in [6.45, 7) is 1.96. The lowest BCUT2D eigenvalue weighted by molar-refractivity contribution is -0.139. The number of carboxylic acids is 1. The van der Waals surface area contributed by atoms with E-state index < -0.39 is 18.0 Å². The van der Waals surface area contributed by atoms with Crippen molar-refractivity contribution in [1.82, 2.24) is 10.6 Å². The van der Waals surface area contributed by atoms with Crippen molar-refractivity contribution in [1.29, 1.82) is 0 Å². The lowest BCUT2D eigenvalue weighted by atomic mass is 10.1. The van der Waals surface area contributed by atoms with Crippen LogP contribution in [0.3, 0.4) is 0 Å². The zero-order chi connectivity index (χ0) is 15.8. The Kier molecular flexibility index (Phi) is 7.39. The normalized spacial score (nSPS) is 13.3. The monoisotopic (exact) mass is 330 g/mol. The van der Waals surface area contributed by atoms with Gasteiger partial charge in [0, 0.05) is 22.4 Å². The molecule has 0 heterocycles. The molecule has 0 fully saturated rings. The molecule has 5 nitrogen and oxygen atoms in total. The molecule has 21 heavy (non-hydrogen) atoms. The molecule has 2 amide bonds. The van der Waals surface area contributed by atoms with Gasteiger partial charge in [-0.3, -0.25) is 0 Å². The number of urea groups is 1. The van der Waals surface area contributed by atoms with Crippen molar-refractivity contribution >= 4 is 35.4 Å². The maximum atomic E-state index is 11.9. The standard InChI is InChI=1S/C14H19ClN2O3S/c1-3-9(8-21-2)16-14(20)17-12(13(18)19)10-6-4-5-7-11(10)15/h4-7,9,12H,3,8H2,1-2H3,(H,18,19)(H2,16,17,20)/t9?,12-/m1/s1. The van der Waals surface area contributed by atoms with Crippen molar-refractivity contribution in [2.24, 2.45) is 0 Å². The van der Waals surface area contributed by atoms with Crippen LogP contribution in [0.25, 0.3) is 0 Å². The second-order valence-corrected chi connectivity index (χ2v) is 5.79. The second kappa shape index (κ2) is 8.79. The molecule has 2 atom stereocenters. The lowest BCUT2D eigenvalue weighted by Crippen LogP contribution is -2.46. The van der Waals surface area contributed by atoms with E-state index in [1.807, 2.05) is 13.2 Å². The molecule has 3 N–H and O–H groups in total. The number of rotatable bonds is 7. The molecule has 0 saturated heterocycles. The van der Waals surface area contributed by atoms with Gasteiger partial charge in [0.15, 0.2) is 6.04 Å². The lowest BCUT2D eigenvalue weighted by Gasteiger charge is -2.20. The van der Waals surface area contributed by atoms with E-state index in [4.69, 9.17) is 11.6 Å². The molecule has 0 aliphatic rings. The van der Waals surface area contributed by atoms with Gasteiger partial charge in [-0.2, -0.15) is 11.8 Å². The van der Waals surface area contributed by atoms with Crippen LogP contribution in [0.2, 0.25) is 5.02 Å². The molecule has 0 saturated carbocycles. The number of thioether (sulfide) groups is 1. The van der Waals surface area contributed by atoms with Crippen molar-refractivity contribution in [2.45, 2.75) is 25.4 Å². The minimum Gasteiger partial charge on any atom is -0.479 e. The second-order valence-electron chi connectivity index (χ2n) is 4.47. The third-order valence-corrected chi connectivity index (χ3v) is 4.01. The van der Waals surface area contributed by atoms with Crippen LogP contribution in [0.5, 0.6) is 0 Å². The highest BCUT2D eigenvalue weighted by molar-refractivity contribution is 7.98. The van der Waals surface area contributed by atoms with Gasteiger partial charge < -0.3 is 15.7 Å². The van der Waals surface area contributed by atoms with Gasteiger partial charge in [-0.05, 0) is 18.7 Å². The van der Waals surface area contributed by atoms with E-state index in [2.05, 4.69) is 10.6 Å². The van der Waals surface area contributed by atoms with Crippen LogP contribution in [0.15, 0.2) is 24.3 Å². The molecule has 1 rings (SSSR count). The summed E-state index contributed by atoms with van der Waals surface area (Å²) in [6, 6.07) is 4.88. The van der Waals surface area contributed by atoms with Crippen molar-refractivity contribution in [3.05, 3.63) is 34.9 Å². The number of carbonyl (C=O) groups excluding carboxylic acids is 1. The summed E-state index contributed by atoms with van der Waals surface area (Å²) in [5.41, 5.74) is 0.361. The summed E-state index contributed by atoms with van der Waals surface area (Å²) < 4.78 is 0. The molecule has 0 aliphatic carbocycles. The van der Waals surface area contributed by atoms with Crippen molar-refractivity contribution in [3.8, 4) is 0 Å². The largest absolute Gasteiger partial charge is 0.479 e. The summed E-state index contributed by atoms with van der Waals surface area (Å²) in [7, 11) is 0. The first-order chi connectivity index (χ1) is 9.99. The van der Waals surface area contributed by atoms with Crippen molar-refractivity contribution in [3.63, 3.8) is 0 Å². The molecule has 1 unspecified atom stereocenters. The molecule has 1 aromatic carbocycles. The highest BCUT2D eigenvalue weighted by atomic mass is 35.5. The van der Waals surface area contributed by atoms with Crippen LogP contribution in [0.1, 0.15) is 24.9 Å². The molecule has 0 bridgehead atoms. The van der Waals surface area contributed by atoms with Gasteiger partial charge in [-0.1, -0.05) is 36.7 Å². The predicted octanol–water partition coefficient (Wildman–Crippen LogP) is 2.91. The van der Waals surface area contributed by atoms with Gasteiger partial charge in [0.2, 0.25) is 0 Å². The summed E-state index contributed by atoms with van der Waals surface area (Å²) in [5.74, 6) is -0.385. The Morgan fingerprint density at radius 2 is 2.00 bits per heavy atom. The van der Waals surface area contributed by atoms with Crippen LogP contribution in [-0.2, 0) is 4.79 Å². The molecule has 116 valence electrons. The minimum absolute atomic E-state index is 0.000639. The highest BCUT2D eigenvalue weighted by Gasteiger charge is 2.24.